The number of ketones is 2. The Kier molecular flexibility index (Phi) is 8.19. The van der Waals surface area contributed by atoms with Gasteiger partial charge in [-0.25, -0.2) is 9.97 Å². The Bertz CT molecular complexity index is 1500. The second kappa shape index (κ2) is 11.9. The van der Waals surface area contributed by atoms with Crippen LogP contribution in [-0.2, 0) is 22.4 Å². The van der Waals surface area contributed by atoms with Crippen molar-refractivity contribution >= 4 is 40.0 Å². The van der Waals surface area contributed by atoms with Crippen molar-refractivity contribution in [3.63, 3.8) is 0 Å². The molecule has 1 aliphatic heterocycles. The van der Waals surface area contributed by atoms with Gasteiger partial charge in [-0.2, -0.15) is 0 Å². The first kappa shape index (κ1) is 26.8. The van der Waals surface area contributed by atoms with Crippen LogP contribution in [0.1, 0.15) is 24.0 Å². The van der Waals surface area contributed by atoms with Gasteiger partial charge in [-0.15, -0.1) is 0 Å². The zero-order chi connectivity index (χ0) is 27.4. The molecule has 200 valence electrons. The minimum atomic E-state index is -0.0638. The summed E-state index contributed by atoms with van der Waals surface area (Å²) in [7, 11) is 2.04. The van der Waals surface area contributed by atoms with Gasteiger partial charge in [-0.1, -0.05) is 60.6 Å². The first-order valence-electron chi connectivity index (χ1n) is 13.2. The van der Waals surface area contributed by atoms with E-state index >= 15 is 0 Å². The minimum Gasteiger partial charge on any atom is -0.360 e. The number of para-hydroxylation sites is 1. The van der Waals surface area contributed by atoms with Crippen LogP contribution in [0.5, 0.6) is 0 Å². The molecule has 39 heavy (non-hydrogen) atoms. The van der Waals surface area contributed by atoms with E-state index in [1.165, 1.54) is 6.08 Å². The highest BCUT2D eigenvalue weighted by Gasteiger charge is 2.30. The molecule has 2 aromatic carbocycles. The van der Waals surface area contributed by atoms with Gasteiger partial charge in [0.25, 0.3) is 0 Å². The number of carbonyl (C=O) groups excluding carboxylic acids is 2. The molecule has 2 N–H and O–H groups in total. The summed E-state index contributed by atoms with van der Waals surface area (Å²) in [4.78, 5) is 39.4. The number of allylic oxidation sites excluding steroid dienone is 1. The molecule has 1 fully saturated rings. The van der Waals surface area contributed by atoms with Gasteiger partial charge in [-0.3, -0.25) is 9.59 Å². The Morgan fingerprint density at radius 1 is 1.15 bits per heavy atom. The van der Waals surface area contributed by atoms with Crippen molar-refractivity contribution in [2.24, 2.45) is 5.92 Å². The molecule has 3 heterocycles. The number of likely N-dealkylation sites (tertiary alicyclic amines) is 1. The smallest absolute Gasteiger partial charge is 0.223 e. The van der Waals surface area contributed by atoms with Gasteiger partial charge in [0.05, 0.1) is 16.9 Å². The highest BCUT2D eigenvalue weighted by Crippen LogP contribution is 2.32. The Balaban J connectivity index is 1.22. The maximum Gasteiger partial charge on any atom is 0.223 e. The number of aromatic nitrogens is 3. The molecule has 1 saturated heterocycles. The molecule has 5 rings (SSSR count). The third kappa shape index (κ3) is 6.44. The van der Waals surface area contributed by atoms with E-state index < -0.39 is 0 Å². The van der Waals surface area contributed by atoms with E-state index in [-0.39, 0.29) is 23.5 Å². The fourth-order valence-corrected chi connectivity index (χ4v) is 5.49. The number of piperidine rings is 1. The third-order valence-electron chi connectivity index (χ3n) is 7.30. The average molecular weight is 542 g/mol. The number of anilines is 1. The number of hydrogen-bond donors (Lipinski definition) is 2. The van der Waals surface area contributed by atoms with Gasteiger partial charge >= 0.3 is 0 Å². The fourth-order valence-electron chi connectivity index (χ4n) is 5.30. The second-order valence-corrected chi connectivity index (χ2v) is 10.7. The zero-order valence-electron chi connectivity index (χ0n) is 22.0. The molecule has 0 spiro atoms. The number of likely N-dealkylation sites (N-methyl/N-ethyl adjacent to an activating group) is 1. The van der Waals surface area contributed by atoms with E-state index in [0.717, 1.165) is 47.1 Å². The number of nitrogens with zero attached hydrogens (tertiary/aromatic N) is 3. The quantitative estimate of drug-likeness (QED) is 0.257. The summed E-state index contributed by atoms with van der Waals surface area (Å²) in [5.74, 6) is 0.698. The van der Waals surface area contributed by atoms with Crippen molar-refractivity contribution in [3.05, 3.63) is 89.7 Å². The van der Waals surface area contributed by atoms with Gasteiger partial charge < -0.3 is 15.2 Å². The number of rotatable bonds is 10. The van der Waals surface area contributed by atoms with Gasteiger partial charge in [0.1, 0.15) is 5.78 Å². The van der Waals surface area contributed by atoms with Crippen molar-refractivity contribution < 1.29 is 9.59 Å². The van der Waals surface area contributed by atoms with Crippen LogP contribution in [0, 0.1) is 5.92 Å². The normalized spacial score (nSPS) is 17.7. The largest absolute Gasteiger partial charge is 0.360 e. The molecule has 7 nitrogen and oxygen atoms in total. The maximum absolute atomic E-state index is 13.2. The standard InChI is InChI=1S/C31H32ClN5O2/c1-3-24(38)14-21-10-8-20(9-11-21)12-13-29(39)22-15-23(19-37(2)18-22)35-31-34-17-27(32)30(36-31)26-16-33-28-7-5-4-6-25(26)28/h3-11,16-17,22-23,33H,1,12-15,18-19H2,2H3,(H,34,35,36)/t22-,23?/m1/s1. The average Bonchev–Trinajstić information content (AvgIpc) is 3.37. The first-order valence-corrected chi connectivity index (χ1v) is 13.6. The number of aryl methyl sites for hydroxylation is 1. The molecule has 0 bridgehead atoms. The van der Waals surface area contributed by atoms with Crippen LogP contribution in [0.3, 0.4) is 0 Å². The molecule has 2 aromatic heterocycles. The van der Waals surface area contributed by atoms with Gasteiger partial charge in [0.2, 0.25) is 5.95 Å². The summed E-state index contributed by atoms with van der Waals surface area (Å²) in [5, 5.41) is 4.99. The number of Topliss-reactive ketones (excluding diaryl/α,β-unsaturated/α-hetero) is 1. The number of halogens is 1. The molecular formula is C31H32ClN5O2. The Morgan fingerprint density at radius 3 is 2.72 bits per heavy atom. The molecule has 2 atom stereocenters. The van der Waals surface area contributed by atoms with Crippen molar-refractivity contribution in [2.75, 3.05) is 25.5 Å². The lowest BCUT2D eigenvalue weighted by Gasteiger charge is -2.35. The summed E-state index contributed by atoms with van der Waals surface area (Å²) >= 11 is 6.50. The molecule has 4 aromatic rings. The fraction of sp³-hybridized carbons (Fsp3) is 0.290. The molecule has 0 amide bonds. The number of aromatic amines is 1. The van der Waals surface area contributed by atoms with Crippen LogP contribution in [0.4, 0.5) is 5.95 Å². The summed E-state index contributed by atoms with van der Waals surface area (Å²) in [5.41, 5.74) is 4.66. The predicted molar refractivity (Wildman–Crippen MR) is 156 cm³/mol. The van der Waals surface area contributed by atoms with Crippen molar-refractivity contribution in [1.82, 2.24) is 19.9 Å². The van der Waals surface area contributed by atoms with Gasteiger partial charge in [0, 0.05) is 60.6 Å². The number of H-pyrrole nitrogens is 1. The van der Waals surface area contributed by atoms with Crippen LogP contribution >= 0.6 is 11.6 Å². The highest BCUT2D eigenvalue weighted by molar-refractivity contribution is 6.33. The summed E-state index contributed by atoms with van der Waals surface area (Å²) in [6.45, 7) is 5.05. The maximum atomic E-state index is 13.2. The van der Waals surface area contributed by atoms with E-state index in [0.29, 0.717) is 35.9 Å². The summed E-state index contributed by atoms with van der Waals surface area (Å²) < 4.78 is 0. The van der Waals surface area contributed by atoms with Gasteiger partial charge in [0.15, 0.2) is 5.78 Å². The van der Waals surface area contributed by atoms with E-state index in [4.69, 9.17) is 16.6 Å². The van der Waals surface area contributed by atoms with Crippen molar-refractivity contribution in [3.8, 4) is 11.3 Å². The van der Waals surface area contributed by atoms with Crippen LogP contribution in [0.2, 0.25) is 5.02 Å². The highest BCUT2D eigenvalue weighted by atomic mass is 35.5. The SMILES string of the molecule is C=CC(=O)Cc1ccc(CCC(=O)[C@@H]2CC(Nc3ncc(Cl)c(-c4c[nH]c5ccccc45)n3)CN(C)C2)cc1. The monoisotopic (exact) mass is 541 g/mol. The lowest BCUT2D eigenvalue weighted by Crippen LogP contribution is -2.46. The first-order chi connectivity index (χ1) is 18.9. The van der Waals surface area contributed by atoms with Crippen LogP contribution < -0.4 is 5.32 Å². The topological polar surface area (TPSA) is 91.0 Å². The molecule has 1 unspecified atom stereocenters. The number of benzene rings is 2. The number of nitrogens with one attached hydrogen (secondary N) is 2. The van der Waals surface area contributed by atoms with E-state index in [9.17, 15) is 9.59 Å². The summed E-state index contributed by atoms with van der Waals surface area (Å²) in [6, 6.07) is 16.0. The summed E-state index contributed by atoms with van der Waals surface area (Å²) in [6.07, 6.45) is 7.13. The minimum absolute atomic E-state index is 0.000647. The lowest BCUT2D eigenvalue weighted by molar-refractivity contribution is -0.124. The Labute approximate surface area is 233 Å². The lowest BCUT2D eigenvalue weighted by atomic mass is 9.88. The number of fused-ring (bicyclic) bond motifs is 1. The van der Waals surface area contributed by atoms with Crippen LogP contribution in [0.15, 0.2) is 73.6 Å². The zero-order valence-corrected chi connectivity index (χ0v) is 22.7. The van der Waals surface area contributed by atoms with Crippen LogP contribution in [-0.4, -0.2) is 57.6 Å². The molecule has 8 heteroatoms. The Hall–Kier alpha value is -3.81. The van der Waals surface area contributed by atoms with E-state index in [1.807, 2.05) is 61.8 Å². The van der Waals surface area contributed by atoms with E-state index in [1.54, 1.807) is 6.20 Å². The molecule has 1 aliphatic rings. The van der Waals surface area contributed by atoms with Crippen molar-refractivity contribution in [1.29, 1.82) is 0 Å². The third-order valence-corrected chi connectivity index (χ3v) is 7.58. The van der Waals surface area contributed by atoms with Crippen LogP contribution in [0.25, 0.3) is 22.2 Å². The molecule has 0 saturated carbocycles. The van der Waals surface area contributed by atoms with Crippen molar-refractivity contribution in [2.45, 2.75) is 31.7 Å². The molecule has 0 aliphatic carbocycles. The number of carbonyl (C=O) groups is 2. The number of hydrogen-bond acceptors (Lipinski definition) is 6. The molecular weight excluding hydrogens is 510 g/mol. The molecule has 0 radical (unpaired) electrons. The van der Waals surface area contributed by atoms with E-state index in [2.05, 4.69) is 26.8 Å². The second-order valence-electron chi connectivity index (χ2n) is 10.3. The predicted octanol–water partition coefficient (Wildman–Crippen LogP) is 5.51. The van der Waals surface area contributed by atoms with Gasteiger partial charge in [-0.05, 0) is 43.2 Å². The Morgan fingerprint density at radius 2 is 1.92 bits per heavy atom.